The Balaban J connectivity index is 1.39. The molecule has 2 unspecified atom stereocenters. The van der Waals surface area contributed by atoms with Gasteiger partial charge in [-0.25, -0.2) is 0 Å². The lowest BCUT2D eigenvalue weighted by atomic mass is 10.2. The molecule has 0 aromatic heterocycles. The van der Waals surface area contributed by atoms with Gasteiger partial charge in [-0.1, -0.05) is 0 Å². The van der Waals surface area contributed by atoms with Crippen molar-refractivity contribution in [3.05, 3.63) is 0 Å². The van der Waals surface area contributed by atoms with E-state index >= 15 is 0 Å². The first kappa shape index (κ1) is 11.0. The van der Waals surface area contributed by atoms with E-state index in [4.69, 9.17) is 9.47 Å². The summed E-state index contributed by atoms with van der Waals surface area (Å²) in [6, 6.07) is 1.43. The Bertz CT molecular complexity index is 227. The molecule has 3 rings (SSSR count). The lowest BCUT2D eigenvalue weighted by molar-refractivity contribution is -0.0311. The van der Waals surface area contributed by atoms with Crippen LogP contribution in [0.3, 0.4) is 0 Å². The third-order valence-corrected chi connectivity index (χ3v) is 3.80. The lowest BCUT2D eigenvalue weighted by Crippen LogP contribution is -2.49. The van der Waals surface area contributed by atoms with Crippen molar-refractivity contribution in [2.75, 3.05) is 39.5 Å². The van der Waals surface area contributed by atoms with Crippen LogP contribution in [0.15, 0.2) is 0 Å². The first-order valence-electron chi connectivity index (χ1n) is 6.58. The van der Waals surface area contributed by atoms with E-state index in [1.54, 1.807) is 0 Å². The molecule has 4 nitrogen and oxygen atoms in total. The first-order valence-corrected chi connectivity index (χ1v) is 6.58. The van der Waals surface area contributed by atoms with Crippen LogP contribution in [0.1, 0.15) is 19.3 Å². The van der Waals surface area contributed by atoms with Crippen LogP contribution < -0.4 is 5.32 Å². The highest BCUT2D eigenvalue weighted by atomic mass is 16.5. The maximum atomic E-state index is 5.80. The van der Waals surface area contributed by atoms with Gasteiger partial charge in [-0.2, -0.15) is 0 Å². The summed E-state index contributed by atoms with van der Waals surface area (Å²) in [4.78, 5) is 2.60. The van der Waals surface area contributed by atoms with Crippen molar-refractivity contribution in [1.29, 1.82) is 0 Å². The highest BCUT2D eigenvalue weighted by Crippen LogP contribution is 2.28. The largest absolute Gasteiger partial charge is 0.380 e. The Labute approximate surface area is 97.3 Å². The molecular formula is C12H22N2O2. The van der Waals surface area contributed by atoms with Crippen molar-refractivity contribution in [1.82, 2.24) is 10.2 Å². The number of ether oxygens (including phenoxy) is 2. The Morgan fingerprint density at radius 3 is 2.88 bits per heavy atom. The minimum Gasteiger partial charge on any atom is -0.380 e. The van der Waals surface area contributed by atoms with E-state index in [0.717, 1.165) is 51.9 Å². The Morgan fingerprint density at radius 1 is 1.19 bits per heavy atom. The highest BCUT2D eigenvalue weighted by molar-refractivity contribution is 4.88. The van der Waals surface area contributed by atoms with Crippen molar-refractivity contribution in [2.24, 2.45) is 0 Å². The van der Waals surface area contributed by atoms with Gasteiger partial charge in [-0.3, -0.25) is 4.90 Å². The quantitative estimate of drug-likeness (QED) is 0.744. The summed E-state index contributed by atoms with van der Waals surface area (Å²) in [5.41, 5.74) is 0. The molecule has 0 amide bonds. The molecular weight excluding hydrogens is 204 g/mol. The van der Waals surface area contributed by atoms with Crippen molar-refractivity contribution in [3.63, 3.8) is 0 Å². The van der Waals surface area contributed by atoms with E-state index in [1.165, 1.54) is 12.8 Å². The summed E-state index contributed by atoms with van der Waals surface area (Å²) < 4.78 is 11.2. The zero-order valence-electron chi connectivity index (χ0n) is 9.86. The van der Waals surface area contributed by atoms with Crippen LogP contribution in [0.2, 0.25) is 0 Å². The van der Waals surface area contributed by atoms with Gasteiger partial charge in [-0.05, 0) is 19.3 Å². The van der Waals surface area contributed by atoms with Gasteiger partial charge in [-0.15, -0.1) is 0 Å². The monoisotopic (exact) mass is 226 g/mol. The molecule has 2 heterocycles. The summed E-state index contributed by atoms with van der Waals surface area (Å²) in [6.45, 7) is 5.93. The van der Waals surface area contributed by atoms with Gasteiger partial charge in [0, 0.05) is 38.3 Å². The summed E-state index contributed by atoms with van der Waals surface area (Å²) in [7, 11) is 0. The average Bonchev–Trinajstić information content (AvgIpc) is 3.05. The Morgan fingerprint density at radius 2 is 2.12 bits per heavy atom. The smallest absolute Gasteiger partial charge is 0.0826 e. The molecule has 2 aliphatic heterocycles. The highest BCUT2D eigenvalue weighted by Gasteiger charge is 2.33. The molecule has 92 valence electrons. The summed E-state index contributed by atoms with van der Waals surface area (Å²) in [5.74, 6) is 0. The zero-order valence-corrected chi connectivity index (χ0v) is 9.86. The van der Waals surface area contributed by atoms with E-state index < -0.39 is 0 Å². The number of nitrogens with zero attached hydrogens (tertiary/aromatic N) is 1. The van der Waals surface area contributed by atoms with Gasteiger partial charge in [0.2, 0.25) is 0 Å². The lowest BCUT2D eigenvalue weighted by Gasteiger charge is -2.33. The van der Waals surface area contributed by atoms with Crippen LogP contribution in [-0.2, 0) is 9.47 Å². The molecule has 2 atom stereocenters. The Kier molecular flexibility index (Phi) is 3.43. The summed E-state index contributed by atoms with van der Waals surface area (Å²) >= 11 is 0. The molecule has 0 radical (unpaired) electrons. The number of rotatable bonds is 4. The second-order valence-corrected chi connectivity index (χ2v) is 5.19. The standard InChI is InChI=1S/C12H22N2O2/c1-2-11(1)14-4-6-16-12(8-14)7-13-10-3-5-15-9-10/h10-13H,1-9H2. The number of hydrogen-bond donors (Lipinski definition) is 1. The maximum Gasteiger partial charge on any atom is 0.0826 e. The normalized spacial score (nSPS) is 36.8. The molecule has 0 spiro atoms. The molecule has 3 fully saturated rings. The van der Waals surface area contributed by atoms with Crippen LogP contribution >= 0.6 is 0 Å². The predicted octanol–water partition coefficient (Wildman–Crippen LogP) is 0.228. The van der Waals surface area contributed by atoms with Crippen molar-refractivity contribution in [3.8, 4) is 0 Å². The minimum atomic E-state index is 0.384. The molecule has 4 heteroatoms. The van der Waals surface area contributed by atoms with Crippen molar-refractivity contribution in [2.45, 2.75) is 37.5 Å². The van der Waals surface area contributed by atoms with Gasteiger partial charge in [0.15, 0.2) is 0 Å². The molecule has 2 saturated heterocycles. The van der Waals surface area contributed by atoms with E-state index in [-0.39, 0.29) is 0 Å². The second kappa shape index (κ2) is 5.00. The van der Waals surface area contributed by atoms with Crippen LogP contribution in [0, 0.1) is 0 Å². The molecule has 1 aliphatic carbocycles. The molecule has 1 N–H and O–H groups in total. The van der Waals surface area contributed by atoms with Gasteiger partial charge in [0.1, 0.15) is 0 Å². The van der Waals surface area contributed by atoms with Gasteiger partial charge >= 0.3 is 0 Å². The molecule has 1 saturated carbocycles. The molecule has 16 heavy (non-hydrogen) atoms. The SMILES string of the molecule is C1CC(NCC2CN(C3CC3)CCO2)CO1. The topological polar surface area (TPSA) is 33.7 Å². The fourth-order valence-corrected chi connectivity index (χ4v) is 2.63. The zero-order chi connectivity index (χ0) is 10.8. The molecule has 0 bridgehead atoms. The number of hydrogen-bond acceptors (Lipinski definition) is 4. The number of nitrogens with one attached hydrogen (secondary N) is 1. The van der Waals surface area contributed by atoms with Crippen LogP contribution in [0.5, 0.6) is 0 Å². The average molecular weight is 226 g/mol. The molecule has 0 aromatic rings. The van der Waals surface area contributed by atoms with Crippen LogP contribution in [0.25, 0.3) is 0 Å². The van der Waals surface area contributed by atoms with Gasteiger partial charge < -0.3 is 14.8 Å². The van der Waals surface area contributed by atoms with E-state index in [1.807, 2.05) is 0 Å². The van der Waals surface area contributed by atoms with E-state index in [2.05, 4.69) is 10.2 Å². The molecule has 0 aromatic carbocycles. The fraction of sp³-hybridized carbons (Fsp3) is 1.00. The summed E-state index contributed by atoms with van der Waals surface area (Å²) in [6.07, 6.45) is 4.33. The fourth-order valence-electron chi connectivity index (χ4n) is 2.63. The minimum absolute atomic E-state index is 0.384. The van der Waals surface area contributed by atoms with Crippen LogP contribution in [-0.4, -0.2) is 62.5 Å². The third-order valence-electron chi connectivity index (χ3n) is 3.80. The molecule has 3 aliphatic rings. The second-order valence-electron chi connectivity index (χ2n) is 5.19. The van der Waals surface area contributed by atoms with Gasteiger partial charge in [0.25, 0.3) is 0 Å². The predicted molar refractivity (Wildman–Crippen MR) is 61.6 cm³/mol. The van der Waals surface area contributed by atoms with Crippen molar-refractivity contribution >= 4 is 0 Å². The van der Waals surface area contributed by atoms with Gasteiger partial charge in [0.05, 0.1) is 19.3 Å². The maximum absolute atomic E-state index is 5.80. The third kappa shape index (κ3) is 2.74. The Hall–Kier alpha value is -0.160. The summed E-state index contributed by atoms with van der Waals surface area (Å²) in [5, 5.41) is 3.55. The number of morpholine rings is 1. The van der Waals surface area contributed by atoms with E-state index in [9.17, 15) is 0 Å². The van der Waals surface area contributed by atoms with Crippen molar-refractivity contribution < 1.29 is 9.47 Å². The first-order chi connectivity index (χ1) is 7.92. The van der Waals surface area contributed by atoms with E-state index in [0.29, 0.717) is 12.1 Å². The van der Waals surface area contributed by atoms with Crippen LogP contribution in [0.4, 0.5) is 0 Å².